The van der Waals surface area contributed by atoms with Gasteiger partial charge in [0.15, 0.2) is 0 Å². The summed E-state index contributed by atoms with van der Waals surface area (Å²) in [4.78, 5) is 0. The molecule has 0 spiro atoms. The number of hydrogen-bond donors (Lipinski definition) is 0. The monoisotopic (exact) mass is 334 g/mol. The molecule has 2 aliphatic rings. The smallest absolute Gasteiger partial charge is 0.142 e. The van der Waals surface area contributed by atoms with Crippen LogP contribution in [0.2, 0.25) is 5.02 Å². The fourth-order valence-corrected chi connectivity index (χ4v) is 4.89. The molecule has 1 aromatic carbocycles. The van der Waals surface area contributed by atoms with Gasteiger partial charge in [-0.25, -0.2) is 4.39 Å². The van der Waals surface area contributed by atoms with E-state index in [1.54, 1.807) is 12.1 Å². The Kier molecular flexibility index (Phi) is 5.80. The Labute approximate surface area is 145 Å². The summed E-state index contributed by atoms with van der Waals surface area (Å²) in [7, 11) is 0. The lowest BCUT2D eigenvalue weighted by Crippen LogP contribution is -2.25. The van der Waals surface area contributed by atoms with Gasteiger partial charge in [0, 0.05) is 0 Å². The number of allylic oxidation sites excluding steroid dienone is 2. The van der Waals surface area contributed by atoms with Gasteiger partial charge in [0.1, 0.15) is 5.82 Å². The Balaban J connectivity index is 1.51. The molecule has 0 atom stereocenters. The molecule has 0 aliphatic heterocycles. The minimum Gasteiger partial charge on any atom is -0.205 e. The highest BCUT2D eigenvalue weighted by Crippen LogP contribution is 2.44. The Morgan fingerprint density at radius 2 is 1.57 bits per heavy atom. The second-order valence-corrected chi connectivity index (χ2v) is 7.89. The van der Waals surface area contributed by atoms with Gasteiger partial charge in [-0.05, 0) is 99.7 Å². The average molecular weight is 335 g/mol. The van der Waals surface area contributed by atoms with E-state index in [0.29, 0.717) is 5.92 Å². The molecule has 0 heterocycles. The summed E-state index contributed by atoms with van der Waals surface area (Å²) in [6.45, 7) is 2.13. The zero-order valence-corrected chi connectivity index (χ0v) is 14.9. The van der Waals surface area contributed by atoms with Gasteiger partial charge in [0.05, 0.1) is 5.02 Å². The van der Waals surface area contributed by atoms with Crippen LogP contribution in [0.15, 0.2) is 30.4 Å². The summed E-state index contributed by atoms with van der Waals surface area (Å²) < 4.78 is 13.7. The SMILES string of the molecule is CC=C[C@H]1CC[C@H]([C@H]2CC[C@H](c3ccc(Cl)c(F)c3)CC2)CC1. The molecule has 2 heteroatoms. The third-order valence-electron chi connectivity index (χ3n) is 6.13. The predicted octanol–water partition coefficient (Wildman–Crippen LogP) is 7.14. The Hall–Kier alpha value is -0.820. The van der Waals surface area contributed by atoms with E-state index in [0.717, 1.165) is 23.3 Å². The molecule has 23 heavy (non-hydrogen) atoms. The molecule has 1 aromatic rings. The molecule has 2 saturated carbocycles. The molecule has 0 nitrogen and oxygen atoms in total. The molecule has 0 unspecified atom stereocenters. The fraction of sp³-hybridized carbons (Fsp3) is 0.619. The van der Waals surface area contributed by atoms with Crippen molar-refractivity contribution in [2.45, 2.75) is 64.2 Å². The van der Waals surface area contributed by atoms with Crippen LogP contribution in [-0.4, -0.2) is 0 Å². The summed E-state index contributed by atoms with van der Waals surface area (Å²) >= 11 is 5.80. The standard InChI is InChI=1S/C21H28ClF/c1-2-3-15-4-6-16(7-5-15)17-8-10-18(11-9-17)19-12-13-20(22)21(23)14-19/h2-3,12-18H,4-11H2,1H3/t15-,16-,17-,18-. The third kappa shape index (κ3) is 4.18. The predicted molar refractivity (Wildman–Crippen MR) is 96.4 cm³/mol. The highest BCUT2D eigenvalue weighted by atomic mass is 35.5. The normalized spacial score (nSPS) is 32.3. The molecule has 0 radical (unpaired) electrons. The number of hydrogen-bond acceptors (Lipinski definition) is 0. The first-order valence-corrected chi connectivity index (χ1v) is 9.63. The van der Waals surface area contributed by atoms with Crippen molar-refractivity contribution in [3.05, 3.63) is 46.8 Å². The van der Waals surface area contributed by atoms with Gasteiger partial charge in [0.2, 0.25) is 0 Å². The second kappa shape index (κ2) is 7.83. The highest BCUT2D eigenvalue weighted by Gasteiger charge is 2.30. The van der Waals surface area contributed by atoms with E-state index < -0.39 is 0 Å². The number of benzene rings is 1. The van der Waals surface area contributed by atoms with Crippen LogP contribution in [0, 0.1) is 23.6 Å². The van der Waals surface area contributed by atoms with E-state index in [9.17, 15) is 4.39 Å². The molecular weight excluding hydrogens is 307 g/mol. The Morgan fingerprint density at radius 1 is 0.957 bits per heavy atom. The topological polar surface area (TPSA) is 0 Å². The van der Waals surface area contributed by atoms with E-state index >= 15 is 0 Å². The van der Waals surface area contributed by atoms with Crippen molar-refractivity contribution < 1.29 is 4.39 Å². The molecule has 0 bridgehead atoms. The lowest BCUT2D eigenvalue weighted by molar-refractivity contribution is 0.171. The Bertz CT molecular complexity index is 535. The maximum atomic E-state index is 13.7. The van der Waals surface area contributed by atoms with E-state index in [-0.39, 0.29) is 10.8 Å². The second-order valence-electron chi connectivity index (χ2n) is 7.49. The van der Waals surface area contributed by atoms with Crippen LogP contribution < -0.4 is 0 Å². The summed E-state index contributed by atoms with van der Waals surface area (Å²) in [5, 5.41) is 0.236. The van der Waals surface area contributed by atoms with Gasteiger partial charge in [0.25, 0.3) is 0 Å². The van der Waals surface area contributed by atoms with Crippen molar-refractivity contribution in [1.82, 2.24) is 0 Å². The first kappa shape index (κ1) is 17.0. The average Bonchev–Trinajstić information content (AvgIpc) is 2.59. The van der Waals surface area contributed by atoms with Crippen LogP contribution in [0.4, 0.5) is 4.39 Å². The van der Waals surface area contributed by atoms with Gasteiger partial charge in [-0.3, -0.25) is 0 Å². The molecule has 0 N–H and O–H groups in total. The Morgan fingerprint density at radius 3 is 2.13 bits per heavy atom. The summed E-state index contributed by atoms with van der Waals surface area (Å²) in [5.74, 6) is 2.91. The van der Waals surface area contributed by atoms with E-state index in [1.165, 1.54) is 51.4 Å². The minimum absolute atomic E-state index is 0.236. The van der Waals surface area contributed by atoms with Crippen molar-refractivity contribution in [3.8, 4) is 0 Å². The van der Waals surface area contributed by atoms with Crippen molar-refractivity contribution in [2.24, 2.45) is 17.8 Å². The van der Waals surface area contributed by atoms with Crippen molar-refractivity contribution >= 4 is 11.6 Å². The molecule has 2 aliphatic carbocycles. The fourth-order valence-electron chi connectivity index (χ4n) is 4.77. The quantitative estimate of drug-likeness (QED) is 0.515. The van der Waals surface area contributed by atoms with Crippen molar-refractivity contribution in [3.63, 3.8) is 0 Å². The van der Waals surface area contributed by atoms with Crippen LogP contribution in [0.1, 0.15) is 69.8 Å². The van der Waals surface area contributed by atoms with Gasteiger partial charge < -0.3 is 0 Å². The first-order valence-electron chi connectivity index (χ1n) is 9.25. The maximum absolute atomic E-state index is 13.7. The van der Waals surface area contributed by atoms with E-state index in [4.69, 9.17) is 11.6 Å². The zero-order chi connectivity index (χ0) is 16.2. The van der Waals surface area contributed by atoms with Gasteiger partial charge in [-0.1, -0.05) is 29.8 Å². The molecule has 3 rings (SSSR count). The third-order valence-corrected chi connectivity index (χ3v) is 6.44. The maximum Gasteiger partial charge on any atom is 0.142 e. The molecular formula is C21H28ClF. The summed E-state index contributed by atoms with van der Waals surface area (Å²) in [6, 6.07) is 5.37. The lowest BCUT2D eigenvalue weighted by Gasteiger charge is -2.37. The van der Waals surface area contributed by atoms with Crippen LogP contribution in [0.25, 0.3) is 0 Å². The van der Waals surface area contributed by atoms with Crippen LogP contribution in [-0.2, 0) is 0 Å². The zero-order valence-electron chi connectivity index (χ0n) is 14.1. The van der Waals surface area contributed by atoms with Gasteiger partial charge in [-0.2, -0.15) is 0 Å². The number of rotatable bonds is 3. The van der Waals surface area contributed by atoms with Crippen molar-refractivity contribution in [1.29, 1.82) is 0 Å². The van der Waals surface area contributed by atoms with Crippen LogP contribution in [0.5, 0.6) is 0 Å². The van der Waals surface area contributed by atoms with Gasteiger partial charge >= 0.3 is 0 Å². The molecule has 126 valence electrons. The molecule has 2 fully saturated rings. The van der Waals surface area contributed by atoms with E-state index in [2.05, 4.69) is 19.1 Å². The molecule has 0 aromatic heterocycles. The van der Waals surface area contributed by atoms with Crippen molar-refractivity contribution in [2.75, 3.05) is 0 Å². The number of halogens is 2. The van der Waals surface area contributed by atoms with Crippen LogP contribution >= 0.6 is 11.6 Å². The van der Waals surface area contributed by atoms with Crippen LogP contribution in [0.3, 0.4) is 0 Å². The minimum atomic E-state index is -0.270. The highest BCUT2D eigenvalue weighted by molar-refractivity contribution is 6.30. The lowest BCUT2D eigenvalue weighted by atomic mass is 9.68. The molecule has 0 saturated heterocycles. The van der Waals surface area contributed by atoms with Gasteiger partial charge in [-0.15, -0.1) is 0 Å². The largest absolute Gasteiger partial charge is 0.205 e. The molecule has 0 amide bonds. The first-order chi connectivity index (χ1) is 11.2. The van der Waals surface area contributed by atoms with E-state index in [1.807, 2.05) is 6.07 Å². The summed E-state index contributed by atoms with van der Waals surface area (Å²) in [6.07, 6.45) is 15.2. The summed E-state index contributed by atoms with van der Waals surface area (Å²) in [5.41, 5.74) is 1.14.